The van der Waals surface area contributed by atoms with Crippen molar-refractivity contribution in [2.45, 2.75) is 38.1 Å². The van der Waals surface area contributed by atoms with Gasteiger partial charge in [-0.1, -0.05) is 19.3 Å². The second-order valence-electron chi connectivity index (χ2n) is 5.34. The van der Waals surface area contributed by atoms with Gasteiger partial charge >= 0.3 is 0 Å². The third-order valence-electron chi connectivity index (χ3n) is 3.82. The summed E-state index contributed by atoms with van der Waals surface area (Å²) in [5.41, 5.74) is 1.37. The van der Waals surface area contributed by atoms with E-state index in [1.165, 1.54) is 18.6 Å². The first-order valence-electron chi connectivity index (χ1n) is 7.21. The van der Waals surface area contributed by atoms with Gasteiger partial charge < -0.3 is 5.32 Å². The van der Waals surface area contributed by atoms with E-state index in [0.717, 1.165) is 25.7 Å². The van der Waals surface area contributed by atoms with E-state index >= 15 is 0 Å². The predicted octanol–water partition coefficient (Wildman–Crippen LogP) is 2.67. The predicted molar refractivity (Wildman–Crippen MR) is 76.1 cm³/mol. The molecule has 0 bridgehead atoms. The number of hydrogen-bond acceptors (Lipinski definition) is 3. The number of benzene rings is 1. The van der Waals surface area contributed by atoms with Crippen molar-refractivity contribution in [3.05, 3.63) is 35.8 Å². The van der Waals surface area contributed by atoms with Crippen molar-refractivity contribution in [2.24, 2.45) is 0 Å². The first kappa shape index (κ1) is 13.7. The molecule has 1 fully saturated rings. The molecule has 1 aliphatic rings. The minimum atomic E-state index is -0.324. The summed E-state index contributed by atoms with van der Waals surface area (Å²) < 4.78 is 13.0. The molecule has 1 aromatic heterocycles. The molecule has 0 aliphatic heterocycles. The van der Waals surface area contributed by atoms with Crippen molar-refractivity contribution < 1.29 is 9.18 Å². The minimum Gasteiger partial charge on any atom is -0.348 e. The molecule has 1 amide bonds. The molecule has 0 unspecified atom stereocenters. The number of carbonyl (C=O) groups excluding carboxylic acids is 1. The number of nitrogens with zero attached hydrogens (tertiary/aromatic N) is 2. The molecule has 3 rings (SSSR count). The Bertz CT molecular complexity index is 617. The molecule has 1 aliphatic carbocycles. The Morgan fingerprint density at radius 1 is 1.14 bits per heavy atom. The van der Waals surface area contributed by atoms with E-state index in [2.05, 4.69) is 20.7 Å². The van der Waals surface area contributed by atoms with Crippen LogP contribution in [0.15, 0.2) is 24.3 Å². The number of aromatic amines is 1. The van der Waals surface area contributed by atoms with Crippen LogP contribution >= 0.6 is 0 Å². The second-order valence-corrected chi connectivity index (χ2v) is 5.34. The molecular weight excluding hydrogens is 271 g/mol. The van der Waals surface area contributed by atoms with Gasteiger partial charge in [0.25, 0.3) is 5.91 Å². The first-order chi connectivity index (χ1) is 10.2. The Labute approximate surface area is 121 Å². The molecule has 1 aromatic carbocycles. The minimum absolute atomic E-state index is 0.212. The molecule has 0 atom stereocenters. The first-order valence-corrected chi connectivity index (χ1v) is 7.21. The van der Waals surface area contributed by atoms with Crippen LogP contribution in [0, 0.1) is 5.82 Å². The highest BCUT2D eigenvalue weighted by molar-refractivity contribution is 5.98. The Balaban J connectivity index is 1.78. The Kier molecular flexibility index (Phi) is 3.94. The fraction of sp³-hybridized carbons (Fsp3) is 0.400. The number of rotatable bonds is 3. The van der Waals surface area contributed by atoms with Gasteiger partial charge in [0.1, 0.15) is 11.5 Å². The summed E-state index contributed by atoms with van der Waals surface area (Å²) in [6.07, 6.45) is 5.55. The van der Waals surface area contributed by atoms with Crippen LogP contribution in [0.1, 0.15) is 42.6 Å². The fourth-order valence-corrected chi connectivity index (χ4v) is 2.70. The van der Waals surface area contributed by atoms with E-state index < -0.39 is 0 Å². The monoisotopic (exact) mass is 288 g/mol. The number of carbonyl (C=O) groups is 1. The lowest BCUT2D eigenvalue weighted by atomic mass is 9.95. The van der Waals surface area contributed by atoms with E-state index in [9.17, 15) is 9.18 Å². The van der Waals surface area contributed by atoms with Gasteiger partial charge in [-0.15, -0.1) is 0 Å². The Hall–Kier alpha value is -2.24. The van der Waals surface area contributed by atoms with Crippen LogP contribution in [0.3, 0.4) is 0 Å². The zero-order valence-electron chi connectivity index (χ0n) is 11.6. The second kappa shape index (κ2) is 6.03. The summed E-state index contributed by atoms with van der Waals surface area (Å²) in [6, 6.07) is 6.07. The SMILES string of the molecule is O=C(NC1CCCCC1)c1n[nH]nc1-c1ccc(F)cc1. The van der Waals surface area contributed by atoms with Crippen LogP contribution in [0.4, 0.5) is 4.39 Å². The Morgan fingerprint density at radius 3 is 2.57 bits per heavy atom. The summed E-state index contributed by atoms with van der Waals surface area (Å²) in [5.74, 6) is -0.551. The van der Waals surface area contributed by atoms with E-state index in [0.29, 0.717) is 11.3 Å². The third kappa shape index (κ3) is 3.09. The smallest absolute Gasteiger partial charge is 0.274 e. The highest BCUT2D eigenvalue weighted by atomic mass is 19.1. The molecule has 2 N–H and O–H groups in total. The maximum atomic E-state index is 13.0. The molecule has 0 radical (unpaired) electrons. The lowest BCUT2D eigenvalue weighted by Gasteiger charge is -2.22. The number of hydrogen-bond donors (Lipinski definition) is 2. The number of H-pyrrole nitrogens is 1. The summed E-state index contributed by atoms with van der Waals surface area (Å²) in [6.45, 7) is 0. The van der Waals surface area contributed by atoms with Crippen molar-refractivity contribution in [1.82, 2.24) is 20.7 Å². The van der Waals surface area contributed by atoms with E-state index in [-0.39, 0.29) is 23.5 Å². The van der Waals surface area contributed by atoms with Gasteiger partial charge in [0.15, 0.2) is 5.69 Å². The van der Waals surface area contributed by atoms with Crippen molar-refractivity contribution in [3.63, 3.8) is 0 Å². The quantitative estimate of drug-likeness (QED) is 0.912. The molecule has 21 heavy (non-hydrogen) atoms. The van der Waals surface area contributed by atoms with Crippen molar-refractivity contribution in [2.75, 3.05) is 0 Å². The summed E-state index contributed by atoms with van der Waals surface area (Å²) in [4.78, 5) is 12.3. The van der Waals surface area contributed by atoms with Crippen LogP contribution in [0.25, 0.3) is 11.3 Å². The van der Waals surface area contributed by atoms with Gasteiger partial charge in [0.05, 0.1) is 0 Å². The average molecular weight is 288 g/mol. The maximum Gasteiger partial charge on any atom is 0.274 e. The maximum absolute atomic E-state index is 13.0. The molecule has 110 valence electrons. The van der Waals surface area contributed by atoms with Crippen molar-refractivity contribution in [3.8, 4) is 11.3 Å². The summed E-state index contributed by atoms with van der Waals surface area (Å²) in [7, 11) is 0. The zero-order chi connectivity index (χ0) is 14.7. The van der Waals surface area contributed by atoms with Crippen molar-refractivity contribution >= 4 is 5.91 Å². The van der Waals surface area contributed by atoms with Gasteiger partial charge in [-0.25, -0.2) is 4.39 Å². The summed E-state index contributed by atoms with van der Waals surface area (Å²) >= 11 is 0. The number of aromatic nitrogens is 3. The highest BCUT2D eigenvalue weighted by Crippen LogP contribution is 2.21. The van der Waals surface area contributed by atoms with Crippen LogP contribution in [0.5, 0.6) is 0 Å². The van der Waals surface area contributed by atoms with Crippen molar-refractivity contribution in [1.29, 1.82) is 0 Å². The fourth-order valence-electron chi connectivity index (χ4n) is 2.70. The number of nitrogens with one attached hydrogen (secondary N) is 2. The van der Waals surface area contributed by atoms with Crippen LogP contribution in [0.2, 0.25) is 0 Å². The zero-order valence-corrected chi connectivity index (χ0v) is 11.6. The van der Waals surface area contributed by atoms with Gasteiger partial charge in [-0.3, -0.25) is 4.79 Å². The topological polar surface area (TPSA) is 70.7 Å². The standard InChI is InChI=1S/C15H17FN4O/c16-11-8-6-10(7-9-11)13-14(19-20-18-13)15(21)17-12-4-2-1-3-5-12/h6-9,12H,1-5H2,(H,17,21)(H,18,19,20). The highest BCUT2D eigenvalue weighted by Gasteiger charge is 2.22. The van der Waals surface area contributed by atoms with Crippen LogP contribution < -0.4 is 5.32 Å². The van der Waals surface area contributed by atoms with E-state index in [4.69, 9.17) is 0 Å². The van der Waals surface area contributed by atoms with Crippen LogP contribution in [-0.2, 0) is 0 Å². The van der Waals surface area contributed by atoms with Gasteiger partial charge in [0, 0.05) is 11.6 Å². The van der Waals surface area contributed by atoms with E-state index in [1.807, 2.05) is 0 Å². The lowest BCUT2D eigenvalue weighted by molar-refractivity contribution is 0.0923. The van der Waals surface area contributed by atoms with Gasteiger partial charge in [-0.05, 0) is 37.1 Å². The number of halogens is 1. The molecular formula is C15H17FN4O. The van der Waals surface area contributed by atoms with Gasteiger partial charge in [-0.2, -0.15) is 15.4 Å². The average Bonchev–Trinajstić information content (AvgIpc) is 2.98. The number of amides is 1. The largest absolute Gasteiger partial charge is 0.348 e. The lowest BCUT2D eigenvalue weighted by Crippen LogP contribution is -2.36. The van der Waals surface area contributed by atoms with E-state index in [1.54, 1.807) is 12.1 Å². The summed E-state index contributed by atoms with van der Waals surface area (Å²) in [5, 5.41) is 13.4. The third-order valence-corrected chi connectivity index (χ3v) is 3.82. The van der Waals surface area contributed by atoms with Gasteiger partial charge in [0.2, 0.25) is 0 Å². The molecule has 0 spiro atoms. The molecule has 5 nitrogen and oxygen atoms in total. The Morgan fingerprint density at radius 2 is 1.86 bits per heavy atom. The normalized spacial score (nSPS) is 15.9. The molecule has 1 heterocycles. The molecule has 2 aromatic rings. The molecule has 0 saturated heterocycles. The van der Waals surface area contributed by atoms with Crippen LogP contribution in [-0.4, -0.2) is 27.4 Å². The molecule has 1 saturated carbocycles. The molecule has 6 heteroatoms.